The van der Waals surface area contributed by atoms with Crippen molar-refractivity contribution in [3.63, 3.8) is 0 Å². The van der Waals surface area contributed by atoms with Gasteiger partial charge in [-0.25, -0.2) is 0 Å². The summed E-state index contributed by atoms with van der Waals surface area (Å²) in [6, 6.07) is 13.4. The van der Waals surface area contributed by atoms with Gasteiger partial charge in [0.15, 0.2) is 11.5 Å². The lowest BCUT2D eigenvalue weighted by Gasteiger charge is -2.23. The van der Waals surface area contributed by atoms with Gasteiger partial charge in [0.25, 0.3) is 5.91 Å². The van der Waals surface area contributed by atoms with Crippen LogP contribution in [0.3, 0.4) is 0 Å². The number of benzene rings is 2. The van der Waals surface area contributed by atoms with Crippen LogP contribution in [-0.2, 0) is 6.54 Å². The van der Waals surface area contributed by atoms with Crippen LogP contribution < -0.4 is 14.2 Å². The number of hydrogen-bond donors (Lipinski definition) is 0. The van der Waals surface area contributed by atoms with Crippen molar-refractivity contribution < 1.29 is 19.0 Å². The Bertz CT molecular complexity index is 796. The van der Waals surface area contributed by atoms with Gasteiger partial charge < -0.3 is 19.1 Å². The lowest BCUT2D eigenvalue weighted by molar-refractivity contribution is 0.0729. The monoisotopic (exact) mass is 367 g/mol. The molecule has 5 heteroatoms. The molecule has 0 radical (unpaired) electrons. The number of hydrogen-bond acceptors (Lipinski definition) is 4. The van der Waals surface area contributed by atoms with Crippen LogP contribution in [0.15, 0.2) is 55.1 Å². The van der Waals surface area contributed by atoms with Gasteiger partial charge in [-0.15, -0.1) is 0 Å². The van der Waals surface area contributed by atoms with Crippen LogP contribution in [0.1, 0.15) is 28.8 Å². The zero-order valence-electron chi connectivity index (χ0n) is 15.8. The molecule has 5 nitrogen and oxygen atoms in total. The third-order valence-corrected chi connectivity index (χ3v) is 4.53. The van der Waals surface area contributed by atoms with Gasteiger partial charge >= 0.3 is 0 Å². The molecule has 0 heterocycles. The van der Waals surface area contributed by atoms with Crippen LogP contribution in [0, 0.1) is 0 Å². The van der Waals surface area contributed by atoms with Crippen molar-refractivity contribution in [2.45, 2.75) is 25.4 Å². The van der Waals surface area contributed by atoms with Gasteiger partial charge in [0, 0.05) is 18.2 Å². The van der Waals surface area contributed by atoms with Crippen LogP contribution in [-0.4, -0.2) is 37.7 Å². The molecule has 0 aliphatic heterocycles. The first-order valence-corrected chi connectivity index (χ1v) is 9.02. The fourth-order valence-electron chi connectivity index (χ4n) is 2.91. The van der Waals surface area contributed by atoms with Crippen molar-refractivity contribution in [1.82, 2.24) is 4.90 Å². The molecule has 1 amide bonds. The summed E-state index contributed by atoms with van der Waals surface area (Å²) < 4.78 is 16.2. The summed E-state index contributed by atoms with van der Waals surface area (Å²) in [5.74, 6) is 1.95. The van der Waals surface area contributed by atoms with E-state index in [4.69, 9.17) is 14.2 Å². The van der Waals surface area contributed by atoms with Gasteiger partial charge in [0.2, 0.25) is 0 Å². The summed E-state index contributed by atoms with van der Waals surface area (Å²) in [5.41, 5.74) is 1.67. The second-order valence-corrected chi connectivity index (χ2v) is 6.48. The summed E-state index contributed by atoms with van der Waals surface area (Å²) >= 11 is 0. The Kier molecular flexibility index (Phi) is 6.01. The van der Waals surface area contributed by atoms with Crippen LogP contribution in [0.2, 0.25) is 0 Å². The first-order valence-electron chi connectivity index (χ1n) is 9.02. The Morgan fingerprint density at radius 2 is 1.85 bits per heavy atom. The maximum atomic E-state index is 13.1. The van der Waals surface area contributed by atoms with Gasteiger partial charge in [-0.3, -0.25) is 4.79 Å². The molecule has 0 atom stereocenters. The first kappa shape index (κ1) is 18.8. The van der Waals surface area contributed by atoms with Gasteiger partial charge in [-0.05, 0) is 48.7 Å². The average molecular weight is 367 g/mol. The molecular weight excluding hydrogens is 342 g/mol. The van der Waals surface area contributed by atoms with Crippen molar-refractivity contribution in [1.29, 1.82) is 0 Å². The van der Waals surface area contributed by atoms with Crippen molar-refractivity contribution in [2.24, 2.45) is 0 Å². The van der Waals surface area contributed by atoms with Crippen LogP contribution in [0.5, 0.6) is 17.2 Å². The molecule has 3 rings (SSSR count). The second kappa shape index (κ2) is 8.62. The van der Waals surface area contributed by atoms with Crippen LogP contribution >= 0.6 is 0 Å². The van der Waals surface area contributed by atoms with E-state index in [0.717, 1.165) is 24.2 Å². The molecule has 1 aliphatic rings. The Morgan fingerprint density at radius 3 is 2.44 bits per heavy atom. The molecule has 0 saturated heterocycles. The molecule has 0 spiro atoms. The normalized spacial score (nSPS) is 13.0. The van der Waals surface area contributed by atoms with Crippen molar-refractivity contribution in [3.8, 4) is 17.2 Å². The van der Waals surface area contributed by atoms with Crippen molar-refractivity contribution >= 4 is 5.91 Å². The van der Waals surface area contributed by atoms with E-state index in [-0.39, 0.29) is 5.91 Å². The molecule has 0 bridgehead atoms. The minimum Gasteiger partial charge on any atom is -0.497 e. The predicted molar refractivity (Wildman–Crippen MR) is 105 cm³/mol. The zero-order valence-corrected chi connectivity index (χ0v) is 15.8. The quantitative estimate of drug-likeness (QED) is 0.627. The summed E-state index contributed by atoms with van der Waals surface area (Å²) in [5, 5.41) is 0. The highest BCUT2D eigenvalue weighted by atomic mass is 16.5. The molecule has 2 aromatic carbocycles. The smallest absolute Gasteiger partial charge is 0.254 e. The summed E-state index contributed by atoms with van der Waals surface area (Å²) in [4.78, 5) is 15.1. The first-order chi connectivity index (χ1) is 13.2. The minimum absolute atomic E-state index is 0.00175. The summed E-state index contributed by atoms with van der Waals surface area (Å²) in [6.45, 7) is 4.60. The Balaban J connectivity index is 1.79. The third-order valence-electron chi connectivity index (χ3n) is 4.53. The number of carbonyl (C=O) groups excluding carboxylic acids is 1. The number of amides is 1. The van der Waals surface area contributed by atoms with E-state index in [0.29, 0.717) is 36.3 Å². The molecule has 1 aliphatic carbocycles. The molecule has 27 heavy (non-hydrogen) atoms. The van der Waals surface area contributed by atoms with E-state index >= 15 is 0 Å². The number of carbonyl (C=O) groups is 1. The second-order valence-electron chi connectivity index (χ2n) is 6.48. The lowest BCUT2D eigenvalue weighted by atomic mass is 10.1. The molecular formula is C22H25NO4. The molecule has 142 valence electrons. The van der Waals surface area contributed by atoms with Gasteiger partial charge in [-0.1, -0.05) is 24.8 Å². The fourth-order valence-corrected chi connectivity index (χ4v) is 2.91. The molecule has 1 fully saturated rings. The van der Waals surface area contributed by atoms with E-state index in [1.54, 1.807) is 38.5 Å². The van der Waals surface area contributed by atoms with E-state index in [1.165, 1.54) is 0 Å². The molecule has 0 aromatic heterocycles. The highest BCUT2D eigenvalue weighted by Gasteiger charge is 2.33. The van der Waals surface area contributed by atoms with Gasteiger partial charge in [0.05, 0.1) is 14.2 Å². The summed E-state index contributed by atoms with van der Waals surface area (Å²) in [7, 11) is 3.21. The predicted octanol–water partition coefficient (Wildman–Crippen LogP) is 4.07. The maximum Gasteiger partial charge on any atom is 0.254 e. The standard InChI is InChI=1S/C22H25NO4/c1-4-13-27-20-12-7-17(14-21(20)26-3)22(24)23(18-8-9-18)15-16-5-10-19(25-2)11-6-16/h4-7,10-12,14,18H,1,8-9,13,15H2,2-3H3. The molecule has 0 N–H and O–H groups in total. The molecule has 1 saturated carbocycles. The van der Waals surface area contributed by atoms with E-state index < -0.39 is 0 Å². The number of ether oxygens (including phenoxy) is 3. The number of nitrogens with zero attached hydrogens (tertiary/aromatic N) is 1. The van der Waals surface area contributed by atoms with Gasteiger partial charge in [0.1, 0.15) is 12.4 Å². The molecule has 2 aromatic rings. The largest absolute Gasteiger partial charge is 0.497 e. The Labute approximate surface area is 160 Å². The highest BCUT2D eigenvalue weighted by Crippen LogP contribution is 2.33. The number of methoxy groups -OCH3 is 2. The zero-order chi connectivity index (χ0) is 19.2. The van der Waals surface area contributed by atoms with Gasteiger partial charge in [-0.2, -0.15) is 0 Å². The molecule has 0 unspecified atom stereocenters. The summed E-state index contributed by atoms with van der Waals surface area (Å²) in [6.07, 6.45) is 3.75. The van der Waals surface area contributed by atoms with E-state index in [2.05, 4.69) is 6.58 Å². The SMILES string of the molecule is C=CCOc1ccc(C(=O)N(Cc2ccc(OC)cc2)C2CC2)cc1OC. The van der Waals surface area contributed by atoms with Crippen molar-refractivity contribution in [3.05, 3.63) is 66.2 Å². The van der Waals surface area contributed by atoms with Crippen LogP contribution in [0.25, 0.3) is 0 Å². The van der Waals surface area contributed by atoms with Crippen molar-refractivity contribution in [2.75, 3.05) is 20.8 Å². The fraction of sp³-hybridized carbons (Fsp3) is 0.318. The van der Waals surface area contributed by atoms with E-state index in [9.17, 15) is 4.79 Å². The Hall–Kier alpha value is -2.95. The average Bonchev–Trinajstić information content (AvgIpc) is 3.55. The lowest BCUT2D eigenvalue weighted by Crippen LogP contribution is -2.32. The van der Waals surface area contributed by atoms with Crippen LogP contribution in [0.4, 0.5) is 0 Å². The minimum atomic E-state index is 0.00175. The Morgan fingerprint density at radius 1 is 1.11 bits per heavy atom. The topological polar surface area (TPSA) is 48.0 Å². The number of rotatable bonds is 9. The van der Waals surface area contributed by atoms with E-state index in [1.807, 2.05) is 29.2 Å². The third kappa shape index (κ3) is 4.61. The maximum absolute atomic E-state index is 13.1. The highest BCUT2D eigenvalue weighted by molar-refractivity contribution is 5.95.